The monoisotopic (exact) mass is 237 g/mol. The van der Waals surface area contributed by atoms with E-state index >= 15 is 0 Å². The molecule has 1 aromatic carbocycles. The summed E-state index contributed by atoms with van der Waals surface area (Å²) in [5.41, 5.74) is 0.365. The minimum atomic E-state index is -1.19. The minimum Gasteiger partial charge on any atom is -0.482 e. The first-order valence-corrected chi connectivity index (χ1v) is 4.70. The lowest BCUT2D eigenvalue weighted by Crippen LogP contribution is -2.09. The number of carbonyl (C=O) groups is 1. The smallest absolute Gasteiger partial charge is 0.334 e. The summed E-state index contributed by atoms with van der Waals surface area (Å²) in [6.45, 7) is 4.69. The van der Waals surface area contributed by atoms with Gasteiger partial charge in [0.1, 0.15) is 6.61 Å². The summed E-state index contributed by atoms with van der Waals surface area (Å²) in [5, 5.41) is 19.3. The maximum absolute atomic E-state index is 10.7. The van der Waals surface area contributed by atoms with Crippen LogP contribution in [0.3, 0.4) is 0 Å². The van der Waals surface area contributed by atoms with E-state index in [9.17, 15) is 14.9 Å². The van der Waals surface area contributed by atoms with Crippen LogP contribution in [0, 0.1) is 17.0 Å². The zero-order chi connectivity index (χ0) is 13.0. The summed E-state index contributed by atoms with van der Waals surface area (Å²) in [6, 6.07) is 4.44. The Bertz CT molecular complexity index is 481. The summed E-state index contributed by atoms with van der Waals surface area (Å²) >= 11 is 0. The van der Waals surface area contributed by atoms with Gasteiger partial charge in [0.25, 0.3) is 0 Å². The molecular formula is C11H11NO5. The summed E-state index contributed by atoms with van der Waals surface area (Å²) < 4.78 is 5.05. The van der Waals surface area contributed by atoms with Crippen molar-refractivity contribution in [3.8, 4) is 5.75 Å². The van der Waals surface area contributed by atoms with Gasteiger partial charge in [-0.15, -0.1) is 0 Å². The molecule has 0 saturated carbocycles. The van der Waals surface area contributed by atoms with Gasteiger partial charge in [0.15, 0.2) is 5.75 Å². The molecule has 1 rings (SSSR count). The number of ether oxygens (including phenoxy) is 1. The van der Waals surface area contributed by atoms with Crippen LogP contribution in [0.5, 0.6) is 5.75 Å². The van der Waals surface area contributed by atoms with Gasteiger partial charge >= 0.3 is 11.7 Å². The van der Waals surface area contributed by atoms with Crippen molar-refractivity contribution in [3.05, 3.63) is 46.0 Å². The van der Waals surface area contributed by atoms with Crippen LogP contribution in [0.2, 0.25) is 0 Å². The first-order chi connectivity index (χ1) is 7.91. The standard InChI is InChI=1S/C11H11NO5/c1-7-3-4-10(9(5-7)12(15)16)17-6-8(2)11(13)14/h3-5H,2,6H2,1H3,(H,13,14). The van der Waals surface area contributed by atoms with Crippen LogP contribution in [-0.4, -0.2) is 22.6 Å². The number of nitro benzene ring substituents is 1. The van der Waals surface area contributed by atoms with Crippen LogP contribution in [0.1, 0.15) is 5.56 Å². The number of nitrogens with zero attached hydrogens (tertiary/aromatic N) is 1. The fourth-order valence-electron chi connectivity index (χ4n) is 1.12. The molecule has 0 heterocycles. The van der Waals surface area contributed by atoms with Gasteiger partial charge in [-0.2, -0.15) is 0 Å². The third-order valence-corrected chi connectivity index (χ3v) is 2.02. The Morgan fingerprint density at radius 2 is 2.24 bits per heavy atom. The Labute approximate surface area is 97.3 Å². The maximum Gasteiger partial charge on any atom is 0.334 e. The number of carboxylic acids is 1. The normalized spacial score (nSPS) is 9.71. The highest BCUT2D eigenvalue weighted by Gasteiger charge is 2.16. The highest BCUT2D eigenvalue weighted by Crippen LogP contribution is 2.27. The molecule has 6 heteroatoms. The lowest BCUT2D eigenvalue weighted by molar-refractivity contribution is -0.385. The van der Waals surface area contributed by atoms with Crippen molar-refractivity contribution in [2.45, 2.75) is 6.92 Å². The lowest BCUT2D eigenvalue weighted by atomic mass is 10.2. The van der Waals surface area contributed by atoms with E-state index in [2.05, 4.69) is 6.58 Å². The van der Waals surface area contributed by atoms with E-state index in [-0.39, 0.29) is 23.6 Å². The van der Waals surface area contributed by atoms with Crippen molar-refractivity contribution in [3.63, 3.8) is 0 Å². The molecule has 90 valence electrons. The Morgan fingerprint density at radius 3 is 2.76 bits per heavy atom. The topological polar surface area (TPSA) is 89.7 Å². The van der Waals surface area contributed by atoms with Gasteiger partial charge in [0.05, 0.1) is 10.5 Å². The highest BCUT2D eigenvalue weighted by molar-refractivity contribution is 5.86. The molecule has 0 bridgehead atoms. The molecule has 0 fully saturated rings. The minimum absolute atomic E-state index is 0.0306. The molecule has 0 atom stereocenters. The summed E-state index contributed by atoms with van der Waals surface area (Å²) in [4.78, 5) is 20.6. The van der Waals surface area contributed by atoms with Gasteiger partial charge in [0.2, 0.25) is 0 Å². The number of nitro groups is 1. The highest BCUT2D eigenvalue weighted by atomic mass is 16.6. The quantitative estimate of drug-likeness (QED) is 0.480. The average Bonchev–Trinajstić information content (AvgIpc) is 2.26. The van der Waals surface area contributed by atoms with Gasteiger partial charge in [-0.25, -0.2) is 4.79 Å². The molecular weight excluding hydrogens is 226 g/mol. The molecule has 17 heavy (non-hydrogen) atoms. The third-order valence-electron chi connectivity index (χ3n) is 2.02. The van der Waals surface area contributed by atoms with Gasteiger partial charge in [-0.3, -0.25) is 10.1 Å². The predicted octanol–water partition coefficient (Wildman–Crippen LogP) is 1.92. The van der Waals surface area contributed by atoms with E-state index in [0.717, 1.165) is 5.56 Å². The predicted molar refractivity (Wildman–Crippen MR) is 60.1 cm³/mol. The zero-order valence-electron chi connectivity index (χ0n) is 9.17. The van der Waals surface area contributed by atoms with E-state index in [0.29, 0.717) is 0 Å². The molecule has 0 radical (unpaired) electrons. The first-order valence-electron chi connectivity index (χ1n) is 4.70. The Kier molecular flexibility index (Phi) is 3.82. The van der Waals surface area contributed by atoms with Crippen LogP contribution < -0.4 is 4.74 Å². The zero-order valence-corrected chi connectivity index (χ0v) is 9.17. The second-order valence-corrected chi connectivity index (χ2v) is 3.43. The molecule has 0 saturated heterocycles. The van der Waals surface area contributed by atoms with Crippen molar-refractivity contribution >= 4 is 11.7 Å². The van der Waals surface area contributed by atoms with Crippen molar-refractivity contribution < 1.29 is 19.6 Å². The number of aliphatic carboxylic acids is 1. The molecule has 0 aliphatic rings. The molecule has 0 aliphatic carbocycles. The number of hydrogen-bond donors (Lipinski definition) is 1. The fraction of sp³-hybridized carbons (Fsp3) is 0.182. The fourth-order valence-corrected chi connectivity index (χ4v) is 1.12. The summed E-state index contributed by atoms with van der Waals surface area (Å²) in [7, 11) is 0. The third kappa shape index (κ3) is 3.30. The lowest BCUT2D eigenvalue weighted by Gasteiger charge is -2.06. The van der Waals surface area contributed by atoms with Gasteiger partial charge in [-0.05, 0) is 18.6 Å². The van der Waals surface area contributed by atoms with Crippen molar-refractivity contribution in [2.75, 3.05) is 6.61 Å². The largest absolute Gasteiger partial charge is 0.482 e. The Morgan fingerprint density at radius 1 is 1.59 bits per heavy atom. The van der Waals surface area contributed by atoms with E-state index in [1.807, 2.05) is 0 Å². The van der Waals surface area contributed by atoms with Crippen LogP contribution >= 0.6 is 0 Å². The van der Waals surface area contributed by atoms with Crippen molar-refractivity contribution in [1.29, 1.82) is 0 Å². The number of rotatable bonds is 5. The molecule has 0 amide bonds. The van der Waals surface area contributed by atoms with Crippen molar-refractivity contribution in [1.82, 2.24) is 0 Å². The van der Waals surface area contributed by atoms with Crippen LogP contribution in [0.4, 0.5) is 5.69 Å². The first kappa shape index (κ1) is 12.7. The van der Waals surface area contributed by atoms with Crippen LogP contribution in [0.15, 0.2) is 30.4 Å². The summed E-state index contributed by atoms with van der Waals surface area (Å²) in [5.74, 6) is -1.16. The maximum atomic E-state index is 10.7. The molecule has 0 aromatic heterocycles. The van der Waals surface area contributed by atoms with E-state index in [4.69, 9.17) is 9.84 Å². The average molecular weight is 237 g/mol. The second-order valence-electron chi connectivity index (χ2n) is 3.43. The molecule has 1 aromatic rings. The van der Waals surface area contributed by atoms with Crippen LogP contribution in [-0.2, 0) is 4.79 Å². The van der Waals surface area contributed by atoms with E-state index < -0.39 is 10.9 Å². The molecule has 6 nitrogen and oxygen atoms in total. The van der Waals surface area contributed by atoms with Crippen LogP contribution in [0.25, 0.3) is 0 Å². The number of benzene rings is 1. The second kappa shape index (κ2) is 5.11. The number of hydrogen-bond acceptors (Lipinski definition) is 4. The van der Waals surface area contributed by atoms with Gasteiger partial charge < -0.3 is 9.84 Å². The molecule has 0 unspecified atom stereocenters. The Hall–Kier alpha value is -2.37. The number of aryl methyl sites for hydroxylation is 1. The van der Waals surface area contributed by atoms with Gasteiger partial charge in [0, 0.05) is 6.07 Å². The SMILES string of the molecule is C=C(COc1ccc(C)cc1[N+](=O)[O-])C(=O)O. The Balaban J connectivity index is 2.87. The molecule has 1 N–H and O–H groups in total. The van der Waals surface area contributed by atoms with Crippen molar-refractivity contribution in [2.24, 2.45) is 0 Å². The summed E-state index contributed by atoms with van der Waals surface area (Å²) in [6.07, 6.45) is 0. The van der Waals surface area contributed by atoms with E-state index in [1.165, 1.54) is 12.1 Å². The number of carboxylic acid groups (broad SMARTS) is 1. The van der Waals surface area contributed by atoms with E-state index in [1.54, 1.807) is 13.0 Å². The molecule has 0 aliphatic heterocycles. The van der Waals surface area contributed by atoms with Gasteiger partial charge in [-0.1, -0.05) is 12.6 Å². The molecule has 0 spiro atoms.